The summed E-state index contributed by atoms with van der Waals surface area (Å²) in [5.41, 5.74) is 4.50. The second-order valence-corrected chi connectivity index (χ2v) is 7.83. The van der Waals surface area contributed by atoms with Crippen LogP contribution in [0.1, 0.15) is 0 Å². The monoisotopic (exact) mass is 381 g/mol. The summed E-state index contributed by atoms with van der Waals surface area (Å²) in [6.45, 7) is 0. The molecule has 3 nitrogen and oxygen atoms in total. The van der Waals surface area contributed by atoms with Crippen molar-refractivity contribution in [2.24, 2.45) is 0 Å². The molecule has 0 spiro atoms. The van der Waals surface area contributed by atoms with E-state index in [-0.39, 0.29) is 0 Å². The van der Waals surface area contributed by atoms with Gasteiger partial charge in [-0.2, -0.15) is 0 Å². The second-order valence-electron chi connectivity index (χ2n) is 6.75. The van der Waals surface area contributed by atoms with E-state index in [2.05, 4.69) is 53.8 Å². The highest BCUT2D eigenvalue weighted by Gasteiger charge is 2.20. The number of para-hydroxylation sites is 3. The normalized spacial score (nSPS) is 13.0. The Kier molecular flexibility index (Phi) is 3.40. The summed E-state index contributed by atoms with van der Waals surface area (Å²) in [7, 11) is 0. The number of benzene rings is 4. The van der Waals surface area contributed by atoms with Gasteiger partial charge in [-0.25, -0.2) is 0 Å². The van der Waals surface area contributed by atoms with Crippen LogP contribution >= 0.6 is 11.8 Å². The van der Waals surface area contributed by atoms with Crippen LogP contribution in [0.15, 0.2) is 94.7 Å². The number of rotatable bonds is 1. The summed E-state index contributed by atoms with van der Waals surface area (Å²) in [6.07, 6.45) is 0. The molecule has 0 radical (unpaired) electrons. The van der Waals surface area contributed by atoms with E-state index in [4.69, 9.17) is 9.47 Å². The summed E-state index contributed by atoms with van der Waals surface area (Å²) in [5, 5.41) is 3.55. The first-order valence-corrected chi connectivity index (χ1v) is 9.92. The molecule has 2 heterocycles. The first-order chi connectivity index (χ1) is 13.8. The minimum absolute atomic E-state index is 0.738. The highest BCUT2D eigenvalue weighted by Crippen LogP contribution is 2.48. The van der Waals surface area contributed by atoms with Gasteiger partial charge >= 0.3 is 0 Å². The summed E-state index contributed by atoms with van der Waals surface area (Å²) in [6, 6.07) is 28.7. The zero-order valence-electron chi connectivity index (χ0n) is 14.8. The molecule has 0 atom stereocenters. The average Bonchev–Trinajstić information content (AvgIpc) is 2.75. The van der Waals surface area contributed by atoms with Crippen LogP contribution in [0.2, 0.25) is 0 Å². The minimum Gasteiger partial charge on any atom is -0.450 e. The Balaban J connectivity index is 1.36. The Morgan fingerprint density at radius 2 is 1.18 bits per heavy atom. The molecule has 0 fully saturated rings. The molecule has 6 rings (SSSR count). The molecule has 0 bridgehead atoms. The van der Waals surface area contributed by atoms with Crippen LogP contribution in [-0.2, 0) is 0 Å². The van der Waals surface area contributed by atoms with E-state index in [1.165, 1.54) is 9.79 Å². The van der Waals surface area contributed by atoms with Crippen molar-refractivity contribution in [2.45, 2.75) is 9.79 Å². The molecule has 0 saturated carbocycles. The first kappa shape index (κ1) is 15.7. The van der Waals surface area contributed by atoms with Gasteiger partial charge in [-0.15, -0.1) is 0 Å². The Hall–Kier alpha value is -3.37. The molecule has 2 aliphatic rings. The van der Waals surface area contributed by atoms with Crippen molar-refractivity contribution in [1.29, 1.82) is 0 Å². The smallest absolute Gasteiger partial charge is 0.170 e. The molecule has 0 unspecified atom stereocenters. The molecule has 0 aromatic heterocycles. The van der Waals surface area contributed by atoms with Gasteiger partial charge in [0.15, 0.2) is 23.0 Å². The number of ether oxygens (including phenoxy) is 2. The fourth-order valence-corrected chi connectivity index (χ4v) is 4.49. The van der Waals surface area contributed by atoms with E-state index in [1.807, 2.05) is 36.4 Å². The van der Waals surface area contributed by atoms with Gasteiger partial charge < -0.3 is 14.8 Å². The third-order valence-electron chi connectivity index (χ3n) is 4.92. The Morgan fingerprint density at radius 3 is 2.07 bits per heavy atom. The van der Waals surface area contributed by atoms with Gasteiger partial charge in [0, 0.05) is 9.79 Å². The van der Waals surface area contributed by atoms with Gasteiger partial charge in [0.2, 0.25) is 0 Å². The van der Waals surface area contributed by atoms with Crippen LogP contribution in [0, 0.1) is 0 Å². The van der Waals surface area contributed by atoms with Gasteiger partial charge in [-0.3, -0.25) is 0 Å². The van der Waals surface area contributed by atoms with E-state index in [9.17, 15) is 0 Å². The molecule has 2 aliphatic heterocycles. The molecule has 4 aromatic rings. The highest BCUT2D eigenvalue weighted by atomic mass is 32.2. The van der Waals surface area contributed by atoms with Gasteiger partial charge in [0.25, 0.3) is 0 Å². The maximum atomic E-state index is 6.05. The number of hydrogen-bond acceptors (Lipinski definition) is 4. The van der Waals surface area contributed by atoms with Crippen molar-refractivity contribution in [3.8, 4) is 34.1 Å². The molecule has 134 valence electrons. The van der Waals surface area contributed by atoms with E-state index >= 15 is 0 Å². The maximum absolute atomic E-state index is 6.05. The zero-order chi connectivity index (χ0) is 18.5. The summed E-state index contributed by atoms with van der Waals surface area (Å²) in [4.78, 5) is 2.48. The third-order valence-corrected chi connectivity index (χ3v) is 6.07. The number of nitrogens with one attached hydrogen (secondary N) is 1. The molecule has 28 heavy (non-hydrogen) atoms. The molecular weight excluding hydrogens is 366 g/mol. The lowest BCUT2D eigenvalue weighted by atomic mass is 10.0. The lowest BCUT2D eigenvalue weighted by Gasteiger charge is -2.22. The lowest BCUT2D eigenvalue weighted by Crippen LogP contribution is -2.00. The quantitative estimate of drug-likeness (QED) is 0.320. The first-order valence-electron chi connectivity index (χ1n) is 9.11. The van der Waals surface area contributed by atoms with Crippen LogP contribution in [-0.4, -0.2) is 0 Å². The van der Waals surface area contributed by atoms with Crippen molar-refractivity contribution >= 4 is 23.1 Å². The van der Waals surface area contributed by atoms with Crippen molar-refractivity contribution in [3.63, 3.8) is 0 Å². The third kappa shape index (κ3) is 2.53. The predicted molar refractivity (Wildman–Crippen MR) is 112 cm³/mol. The molecule has 0 aliphatic carbocycles. The number of fused-ring (bicyclic) bond motifs is 4. The molecule has 1 N–H and O–H groups in total. The Labute approximate surface area is 166 Å². The Bertz CT molecular complexity index is 1140. The van der Waals surface area contributed by atoms with Crippen LogP contribution in [0.4, 0.5) is 11.4 Å². The topological polar surface area (TPSA) is 30.5 Å². The van der Waals surface area contributed by atoms with Crippen molar-refractivity contribution in [3.05, 3.63) is 84.9 Å². The molecule has 4 aromatic carbocycles. The summed E-state index contributed by atoms with van der Waals surface area (Å²) >= 11 is 1.79. The SMILES string of the molecule is c1ccc2c(c1)Nc1cc(-c3ccc4c(c3)Oc3ccccc3O4)ccc1S2. The van der Waals surface area contributed by atoms with E-state index in [1.54, 1.807) is 11.8 Å². The summed E-state index contributed by atoms with van der Waals surface area (Å²) < 4.78 is 12.0. The van der Waals surface area contributed by atoms with Gasteiger partial charge in [-0.1, -0.05) is 48.2 Å². The van der Waals surface area contributed by atoms with Crippen LogP contribution in [0.25, 0.3) is 11.1 Å². The average molecular weight is 381 g/mol. The molecule has 0 saturated heterocycles. The largest absolute Gasteiger partial charge is 0.450 e. The highest BCUT2D eigenvalue weighted by molar-refractivity contribution is 7.99. The number of hydrogen-bond donors (Lipinski definition) is 1. The van der Waals surface area contributed by atoms with Crippen LogP contribution < -0.4 is 14.8 Å². The maximum Gasteiger partial charge on any atom is 0.170 e. The summed E-state index contributed by atoms with van der Waals surface area (Å²) in [5.74, 6) is 2.97. The second kappa shape index (κ2) is 6.08. The van der Waals surface area contributed by atoms with E-state index < -0.39 is 0 Å². The zero-order valence-corrected chi connectivity index (χ0v) is 15.6. The van der Waals surface area contributed by atoms with Crippen molar-refractivity contribution in [2.75, 3.05) is 5.32 Å². The number of anilines is 2. The molecule has 4 heteroatoms. The van der Waals surface area contributed by atoms with Gasteiger partial charge in [0.1, 0.15) is 0 Å². The lowest BCUT2D eigenvalue weighted by molar-refractivity contribution is 0.360. The van der Waals surface area contributed by atoms with Gasteiger partial charge in [0.05, 0.1) is 11.4 Å². The molecular formula is C24H15NO2S. The predicted octanol–water partition coefficient (Wildman–Crippen LogP) is 7.46. The van der Waals surface area contributed by atoms with Crippen LogP contribution in [0.5, 0.6) is 23.0 Å². The minimum atomic E-state index is 0.738. The van der Waals surface area contributed by atoms with Crippen molar-refractivity contribution in [1.82, 2.24) is 0 Å². The van der Waals surface area contributed by atoms with Crippen molar-refractivity contribution < 1.29 is 9.47 Å². The van der Waals surface area contributed by atoms with E-state index in [0.717, 1.165) is 45.5 Å². The standard InChI is InChI=1S/C24H15NO2S/c1-4-8-23-17(5-1)25-18-13-15(10-12-24(18)28-23)16-9-11-21-22(14-16)27-20-7-3-2-6-19(20)26-21/h1-14,25H. The van der Waals surface area contributed by atoms with Gasteiger partial charge in [-0.05, 0) is 59.7 Å². The fraction of sp³-hybridized carbons (Fsp3) is 0. The molecule has 0 amide bonds. The van der Waals surface area contributed by atoms with Crippen LogP contribution in [0.3, 0.4) is 0 Å². The fourth-order valence-electron chi connectivity index (χ4n) is 3.53. The van der Waals surface area contributed by atoms with E-state index in [0.29, 0.717) is 0 Å². The Morgan fingerprint density at radius 1 is 0.536 bits per heavy atom.